The fourth-order valence-electron chi connectivity index (χ4n) is 0.717. The van der Waals surface area contributed by atoms with Crippen LogP contribution in [0.2, 0.25) is 0 Å². The summed E-state index contributed by atoms with van der Waals surface area (Å²) in [7, 11) is 0. The number of carboxylic acids is 3. The van der Waals surface area contributed by atoms with E-state index in [-0.39, 0.29) is 88.7 Å². The Labute approximate surface area is 164 Å². The van der Waals surface area contributed by atoms with Gasteiger partial charge in [0, 0.05) is 0 Å². The zero-order valence-corrected chi connectivity index (χ0v) is 7.17. The number of carboxylic acid groups (broad SMARTS) is 3. The van der Waals surface area contributed by atoms with Crippen molar-refractivity contribution in [1.82, 2.24) is 0 Å². The first kappa shape index (κ1) is 26.8. The van der Waals surface area contributed by atoms with E-state index in [9.17, 15) is 14.4 Å². The number of ether oxygens (including phenoxy) is 1. The molecule has 0 aromatic heterocycles. The molecule has 0 aliphatic heterocycles. The van der Waals surface area contributed by atoms with Gasteiger partial charge in [-0.15, -0.1) is 0 Å². The van der Waals surface area contributed by atoms with E-state index in [1.165, 1.54) is 0 Å². The van der Waals surface area contributed by atoms with Gasteiger partial charge in [-0.2, -0.15) is 0 Å². The second kappa shape index (κ2) is 15.4. The molecule has 10 heteroatoms. The molecule has 86 valence electrons. The van der Waals surface area contributed by atoms with Crippen molar-refractivity contribution in [3.8, 4) is 0 Å². The molecule has 0 spiro atoms. The zero-order valence-electron chi connectivity index (χ0n) is 7.17. The van der Waals surface area contributed by atoms with E-state index in [0.29, 0.717) is 0 Å². The minimum absolute atomic E-state index is 0. The first-order chi connectivity index (χ1) is 6.43. The van der Waals surface area contributed by atoms with Crippen LogP contribution in [0, 0.1) is 5.92 Å². The van der Waals surface area contributed by atoms with Gasteiger partial charge in [-0.05, 0) is 0 Å². The molecule has 3 N–H and O–H groups in total. The zero-order chi connectivity index (χ0) is 11.1. The Morgan fingerprint density at radius 1 is 0.941 bits per heavy atom. The molecule has 17 heavy (non-hydrogen) atoms. The summed E-state index contributed by atoms with van der Waals surface area (Å²) in [4.78, 5) is 30.6. The number of rotatable bonds is 7. The summed E-state index contributed by atoms with van der Waals surface area (Å²) in [5.74, 6) is -5.04. The van der Waals surface area contributed by atoms with Crippen LogP contribution in [0.4, 0.5) is 0 Å². The van der Waals surface area contributed by atoms with Crippen LogP contribution in [0.5, 0.6) is 0 Å². The molecule has 0 radical (unpaired) electrons. The molecule has 0 heterocycles. The van der Waals surface area contributed by atoms with Gasteiger partial charge in [0.15, 0.2) is 0 Å². The third-order valence-electron chi connectivity index (χ3n) is 1.31. The number of aliphatic carboxylic acids is 3. The summed E-state index contributed by atoms with van der Waals surface area (Å²) in [6, 6.07) is 0. The van der Waals surface area contributed by atoms with E-state index in [4.69, 9.17) is 15.3 Å². The van der Waals surface area contributed by atoms with E-state index in [2.05, 4.69) is 4.74 Å². The van der Waals surface area contributed by atoms with Crippen LogP contribution < -0.4 is 0 Å². The fourth-order valence-corrected chi connectivity index (χ4v) is 0.717. The second-order valence-corrected chi connectivity index (χ2v) is 2.54. The summed E-state index contributed by atoms with van der Waals surface area (Å²) in [6.07, 6.45) is -0.588. The van der Waals surface area contributed by atoms with Gasteiger partial charge in [0.25, 0.3) is 0 Å². The summed E-state index contributed by atoms with van der Waals surface area (Å²) in [5, 5.41) is 25.0. The Bertz CT molecular complexity index is 246. The molecule has 7 nitrogen and oxygen atoms in total. The Balaban J connectivity index is -0.000000282. The van der Waals surface area contributed by atoms with Gasteiger partial charge in [0.2, 0.25) is 0 Å². The monoisotopic (exact) mass is 278 g/mol. The summed E-state index contributed by atoms with van der Waals surface area (Å²) < 4.78 is 4.48. The topological polar surface area (TPSA) is 121 Å². The number of carbonyl (C=O) groups is 3. The van der Waals surface area contributed by atoms with Crippen molar-refractivity contribution in [2.45, 2.75) is 6.42 Å². The third-order valence-corrected chi connectivity index (χ3v) is 1.31. The molecule has 0 aromatic rings. The van der Waals surface area contributed by atoms with Crippen molar-refractivity contribution in [2.75, 3.05) is 13.2 Å². The molecule has 0 aliphatic carbocycles. The van der Waals surface area contributed by atoms with Crippen molar-refractivity contribution in [2.24, 2.45) is 5.92 Å². The SMILES string of the molecule is O=C(O)COCC(CC(=O)O)C(=O)O.[NaH].[NaH].[NaH]. The first-order valence-electron chi connectivity index (χ1n) is 3.67. The van der Waals surface area contributed by atoms with Crippen LogP contribution in [0.25, 0.3) is 0 Å². The van der Waals surface area contributed by atoms with E-state index in [0.717, 1.165) is 0 Å². The van der Waals surface area contributed by atoms with E-state index in [1.54, 1.807) is 0 Å². The van der Waals surface area contributed by atoms with E-state index >= 15 is 0 Å². The second-order valence-electron chi connectivity index (χ2n) is 2.54. The Kier molecular flexibility index (Phi) is 24.4. The predicted molar refractivity (Wildman–Crippen MR) is 63.3 cm³/mol. The normalized spacial score (nSPS) is 9.88. The van der Waals surface area contributed by atoms with Gasteiger partial charge < -0.3 is 20.1 Å². The average molecular weight is 278 g/mol. The van der Waals surface area contributed by atoms with Crippen molar-refractivity contribution in [3.05, 3.63) is 0 Å². The minimum atomic E-state index is -1.32. The molecule has 0 fully saturated rings. The predicted octanol–water partition coefficient (Wildman–Crippen LogP) is -2.68. The molecule has 1 atom stereocenters. The summed E-state index contributed by atoms with van der Waals surface area (Å²) >= 11 is 0. The third kappa shape index (κ3) is 17.4. The Morgan fingerprint density at radius 2 is 1.41 bits per heavy atom. The molecular weight excluding hydrogens is 265 g/mol. The Morgan fingerprint density at radius 3 is 1.71 bits per heavy atom. The fraction of sp³-hybridized carbons (Fsp3) is 0.571. The molecule has 0 rings (SSSR count). The van der Waals surface area contributed by atoms with Gasteiger partial charge >= 0.3 is 107 Å². The van der Waals surface area contributed by atoms with Crippen LogP contribution in [-0.4, -0.2) is 135 Å². The molecule has 0 amide bonds. The molecule has 0 aromatic carbocycles. The maximum atomic E-state index is 10.4. The molecule has 0 aliphatic rings. The molecular formula is C7H13Na3O7. The van der Waals surface area contributed by atoms with Gasteiger partial charge in [-0.25, -0.2) is 4.79 Å². The molecule has 0 saturated carbocycles. The van der Waals surface area contributed by atoms with Gasteiger partial charge in [0.1, 0.15) is 6.61 Å². The van der Waals surface area contributed by atoms with Gasteiger partial charge in [-0.3, -0.25) is 9.59 Å². The van der Waals surface area contributed by atoms with Crippen LogP contribution in [0.3, 0.4) is 0 Å². The van der Waals surface area contributed by atoms with Crippen LogP contribution in [0.1, 0.15) is 6.42 Å². The van der Waals surface area contributed by atoms with E-state index < -0.39 is 43.5 Å². The van der Waals surface area contributed by atoms with Crippen molar-refractivity contribution < 1.29 is 34.4 Å². The summed E-state index contributed by atoms with van der Waals surface area (Å²) in [5.41, 5.74) is 0. The quantitative estimate of drug-likeness (QED) is 0.434. The number of hydrogen-bond donors (Lipinski definition) is 3. The van der Waals surface area contributed by atoms with Crippen molar-refractivity contribution >= 4 is 107 Å². The summed E-state index contributed by atoms with van der Waals surface area (Å²) in [6.45, 7) is -1.06. The van der Waals surface area contributed by atoms with Crippen LogP contribution in [-0.2, 0) is 19.1 Å². The van der Waals surface area contributed by atoms with Crippen LogP contribution in [0.15, 0.2) is 0 Å². The van der Waals surface area contributed by atoms with Crippen LogP contribution >= 0.6 is 0 Å². The Hall–Kier alpha value is 1.37. The van der Waals surface area contributed by atoms with E-state index in [1.807, 2.05) is 0 Å². The van der Waals surface area contributed by atoms with Crippen molar-refractivity contribution in [1.29, 1.82) is 0 Å². The first-order valence-corrected chi connectivity index (χ1v) is 3.67. The standard InChI is InChI=1S/C7H10O7.3Na.3H/c8-5(9)1-4(7(12)13)2-14-3-6(10)11;;;;;;/h4H,1-3H2,(H,8,9)(H,10,11)(H,12,13);;;;;;. The van der Waals surface area contributed by atoms with Gasteiger partial charge in [-0.1, -0.05) is 0 Å². The average Bonchev–Trinajstić information content (AvgIpc) is 2.00. The molecule has 0 bridgehead atoms. The molecule has 0 saturated heterocycles. The van der Waals surface area contributed by atoms with Crippen molar-refractivity contribution in [3.63, 3.8) is 0 Å². The number of hydrogen-bond acceptors (Lipinski definition) is 4. The molecule has 1 unspecified atom stereocenters. The maximum absolute atomic E-state index is 10.4. The van der Waals surface area contributed by atoms with Gasteiger partial charge in [0.05, 0.1) is 18.9 Å².